The van der Waals surface area contributed by atoms with E-state index < -0.39 is 5.97 Å². The van der Waals surface area contributed by atoms with Gasteiger partial charge in [-0.05, 0) is 42.2 Å². The van der Waals surface area contributed by atoms with E-state index in [2.05, 4.69) is 0 Å². The molecule has 2 N–H and O–H groups in total. The van der Waals surface area contributed by atoms with Crippen molar-refractivity contribution in [2.24, 2.45) is 0 Å². The standard InChI is InChI=1S/C12H12O3/c1-7-4-8-2-3-9(13)5-11(8)10(7)6-12(14)15/h2-3,5,13H,4,6H2,1H3,(H,14,15). The molecule has 1 aliphatic carbocycles. The van der Waals surface area contributed by atoms with Crippen LogP contribution in [0.15, 0.2) is 23.8 Å². The Labute approximate surface area is 87.7 Å². The van der Waals surface area contributed by atoms with Gasteiger partial charge in [0.25, 0.3) is 0 Å². The van der Waals surface area contributed by atoms with Crippen LogP contribution in [0.1, 0.15) is 24.5 Å². The first-order chi connectivity index (χ1) is 7.08. The molecule has 0 saturated heterocycles. The average molecular weight is 204 g/mol. The molecule has 0 radical (unpaired) electrons. The van der Waals surface area contributed by atoms with Crippen molar-refractivity contribution >= 4 is 11.5 Å². The van der Waals surface area contributed by atoms with Crippen LogP contribution in [0, 0.1) is 0 Å². The van der Waals surface area contributed by atoms with Gasteiger partial charge < -0.3 is 10.2 Å². The molecular formula is C12H12O3. The van der Waals surface area contributed by atoms with Crippen LogP contribution in [0.25, 0.3) is 5.57 Å². The van der Waals surface area contributed by atoms with Gasteiger partial charge in [0.15, 0.2) is 0 Å². The number of carbonyl (C=O) groups is 1. The minimum absolute atomic E-state index is 0.0300. The second-order valence-corrected chi connectivity index (χ2v) is 3.85. The van der Waals surface area contributed by atoms with Crippen molar-refractivity contribution in [2.45, 2.75) is 19.8 Å². The van der Waals surface area contributed by atoms with Crippen molar-refractivity contribution in [2.75, 3.05) is 0 Å². The van der Waals surface area contributed by atoms with E-state index in [1.807, 2.05) is 13.0 Å². The maximum Gasteiger partial charge on any atom is 0.307 e. The summed E-state index contributed by atoms with van der Waals surface area (Å²) in [7, 11) is 0. The highest BCUT2D eigenvalue weighted by atomic mass is 16.4. The summed E-state index contributed by atoms with van der Waals surface area (Å²) in [6.45, 7) is 1.94. The quantitative estimate of drug-likeness (QED) is 0.776. The highest BCUT2D eigenvalue weighted by Gasteiger charge is 2.20. The van der Waals surface area contributed by atoms with Gasteiger partial charge in [-0.3, -0.25) is 4.79 Å². The van der Waals surface area contributed by atoms with Crippen LogP contribution in [-0.2, 0) is 11.2 Å². The number of phenolic OH excluding ortho intramolecular Hbond substituents is 1. The number of carboxylic acids is 1. The van der Waals surface area contributed by atoms with Gasteiger partial charge in [-0.2, -0.15) is 0 Å². The Morgan fingerprint density at radius 3 is 2.87 bits per heavy atom. The fraction of sp³-hybridized carbons (Fsp3) is 0.250. The molecule has 0 atom stereocenters. The van der Waals surface area contributed by atoms with Crippen molar-refractivity contribution in [3.8, 4) is 5.75 Å². The third kappa shape index (κ3) is 1.73. The first-order valence-corrected chi connectivity index (χ1v) is 4.80. The molecule has 15 heavy (non-hydrogen) atoms. The molecule has 1 aromatic rings. The molecule has 0 fully saturated rings. The van der Waals surface area contributed by atoms with Gasteiger partial charge in [-0.15, -0.1) is 0 Å². The summed E-state index contributed by atoms with van der Waals surface area (Å²) in [4.78, 5) is 10.7. The van der Waals surface area contributed by atoms with Crippen LogP contribution in [0.2, 0.25) is 0 Å². The van der Waals surface area contributed by atoms with E-state index in [-0.39, 0.29) is 12.2 Å². The van der Waals surface area contributed by atoms with Crippen molar-refractivity contribution in [1.82, 2.24) is 0 Å². The Morgan fingerprint density at radius 2 is 2.20 bits per heavy atom. The second-order valence-electron chi connectivity index (χ2n) is 3.85. The van der Waals surface area contributed by atoms with Gasteiger partial charge in [-0.1, -0.05) is 11.6 Å². The zero-order valence-corrected chi connectivity index (χ0v) is 8.45. The van der Waals surface area contributed by atoms with Gasteiger partial charge in [0.05, 0.1) is 6.42 Å². The second kappa shape index (κ2) is 3.42. The van der Waals surface area contributed by atoms with Gasteiger partial charge in [0.1, 0.15) is 5.75 Å². The number of hydrogen-bond acceptors (Lipinski definition) is 2. The predicted octanol–water partition coefficient (Wildman–Crippen LogP) is 2.20. The topological polar surface area (TPSA) is 57.5 Å². The van der Waals surface area contributed by atoms with Crippen LogP contribution in [0.4, 0.5) is 0 Å². The zero-order chi connectivity index (χ0) is 11.0. The summed E-state index contributed by atoms with van der Waals surface area (Å²) in [5.41, 5.74) is 3.91. The van der Waals surface area contributed by atoms with Crippen LogP contribution >= 0.6 is 0 Å². The molecule has 3 heteroatoms. The van der Waals surface area contributed by atoms with E-state index >= 15 is 0 Å². The largest absolute Gasteiger partial charge is 0.508 e. The molecule has 0 aliphatic heterocycles. The molecule has 0 unspecified atom stereocenters. The average Bonchev–Trinajstić information content (AvgIpc) is 2.43. The van der Waals surface area contributed by atoms with Gasteiger partial charge >= 0.3 is 5.97 Å². The number of rotatable bonds is 2. The lowest BCUT2D eigenvalue weighted by Gasteiger charge is -2.04. The molecule has 0 aromatic heterocycles. The van der Waals surface area contributed by atoms with Crippen LogP contribution in [0.5, 0.6) is 5.75 Å². The third-order valence-electron chi connectivity index (χ3n) is 2.72. The third-order valence-corrected chi connectivity index (χ3v) is 2.72. The Balaban J connectivity index is 2.45. The minimum atomic E-state index is -0.833. The van der Waals surface area contributed by atoms with Crippen molar-refractivity contribution in [1.29, 1.82) is 0 Å². The SMILES string of the molecule is CC1=C(CC(=O)O)c2cc(O)ccc2C1. The lowest BCUT2D eigenvalue weighted by molar-refractivity contribution is -0.135. The molecule has 1 aromatic carbocycles. The van der Waals surface area contributed by atoms with E-state index in [0.29, 0.717) is 0 Å². The number of allylic oxidation sites excluding steroid dienone is 1. The van der Waals surface area contributed by atoms with Crippen LogP contribution in [-0.4, -0.2) is 16.2 Å². The monoisotopic (exact) mass is 204 g/mol. The number of phenols is 1. The molecule has 2 rings (SSSR count). The van der Waals surface area contributed by atoms with Gasteiger partial charge in [-0.25, -0.2) is 0 Å². The molecule has 78 valence electrons. The first kappa shape index (κ1) is 9.77. The Hall–Kier alpha value is -1.77. The number of aliphatic carboxylic acids is 1. The van der Waals surface area contributed by atoms with Crippen molar-refractivity contribution in [3.05, 3.63) is 34.9 Å². The van der Waals surface area contributed by atoms with Crippen LogP contribution in [0.3, 0.4) is 0 Å². The predicted molar refractivity (Wildman–Crippen MR) is 56.7 cm³/mol. The van der Waals surface area contributed by atoms with E-state index in [9.17, 15) is 9.90 Å². The van der Waals surface area contributed by atoms with Crippen molar-refractivity contribution in [3.63, 3.8) is 0 Å². The van der Waals surface area contributed by atoms with Crippen molar-refractivity contribution < 1.29 is 15.0 Å². The smallest absolute Gasteiger partial charge is 0.307 e. The lowest BCUT2D eigenvalue weighted by atomic mass is 10.0. The zero-order valence-electron chi connectivity index (χ0n) is 8.45. The lowest BCUT2D eigenvalue weighted by Crippen LogP contribution is -1.96. The number of hydrogen-bond donors (Lipinski definition) is 2. The Kier molecular flexibility index (Phi) is 2.23. The van der Waals surface area contributed by atoms with E-state index in [1.54, 1.807) is 12.1 Å². The summed E-state index contributed by atoms with van der Waals surface area (Å²) in [6, 6.07) is 5.13. The van der Waals surface area contributed by atoms with Crippen LogP contribution < -0.4 is 0 Å². The Bertz CT molecular complexity index is 458. The number of aromatic hydroxyl groups is 1. The maximum atomic E-state index is 10.7. The highest BCUT2D eigenvalue weighted by molar-refractivity contribution is 5.88. The number of carboxylic acid groups (broad SMARTS) is 1. The summed E-state index contributed by atoms with van der Waals surface area (Å²) < 4.78 is 0. The fourth-order valence-electron chi connectivity index (χ4n) is 2.02. The maximum absolute atomic E-state index is 10.7. The highest BCUT2D eigenvalue weighted by Crippen LogP contribution is 2.36. The molecule has 0 saturated carbocycles. The normalized spacial score (nSPS) is 14.2. The van der Waals surface area contributed by atoms with Gasteiger partial charge in [0.2, 0.25) is 0 Å². The fourth-order valence-corrected chi connectivity index (χ4v) is 2.02. The molecule has 0 heterocycles. The summed E-state index contributed by atoms with van der Waals surface area (Å²) >= 11 is 0. The molecular weight excluding hydrogens is 192 g/mol. The minimum Gasteiger partial charge on any atom is -0.508 e. The molecule has 0 spiro atoms. The number of fused-ring (bicyclic) bond motifs is 1. The van der Waals surface area contributed by atoms with E-state index in [1.165, 1.54) is 0 Å². The number of benzene rings is 1. The summed E-state index contributed by atoms with van der Waals surface area (Å²) in [5, 5.41) is 18.2. The molecule has 0 amide bonds. The Morgan fingerprint density at radius 1 is 1.47 bits per heavy atom. The summed E-state index contributed by atoms with van der Waals surface area (Å²) in [5.74, 6) is -0.646. The molecule has 1 aliphatic rings. The summed E-state index contributed by atoms with van der Waals surface area (Å²) in [6.07, 6.45) is 0.820. The van der Waals surface area contributed by atoms with Gasteiger partial charge in [0, 0.05) is 0 Å². The van der Waals surface area contributed by atoms with E-state index in [4.69, 9.17) is 5.11 Å². The molecule has 3 nitrogen and oxygen atoms in total. The molecule has 0 bridgehead atoms. The van der Waals surface area contributed by atoms with E-state index in [0.717, 1.165) is 28.7 Å². The first-order valence-electron chi connectivity index (χ1n) is 4.80.